The Labute approximate surface area is 234 Å². The lowest BCUT2D eigenvalue weighted by Crippen LogP contribution is -2.39. The highest BCUT2D eigenvalue weighted by Crippen LogP contribution is 2.36. The summed E-state index contributed by atoms with van der Waals surface area (Å²) < 4.78 is 15.4. The number of aromatic nitrogens is 2. The van der Waals surface area contributed by atoms with Crippen molar-refractivity contribution in [2.24, 2.45) is 5.92 Å². The minimum atomic E-state index is -0.269. The Balaban J connectivity index is 1.62. The van der Waals surface area contributed by atoms with Gasteiger partial charge in [-0.15, -0.1) is 0 Å². The van der Waals surface area contributed by atoms with Crippen LogP contribution in [-0.4, -0.2) is 21.7 Å². The summed E-state index contributed by atoms with van der Waals surface area (Å²) in [5, 5.41) is 9.20. The summed E-state index contributed by atoms with van der Waals surface area (Å²) in [5.74, 6) is 0.0932. The second kappa shape index (κ2) is 12.0. The van der Waals surface area contributed by atoms with Gasteiger partial charge >= 0.3 is 0 Å². The topological polar surface area (TPSA) is 46.9 Å². The maximum atomic E-state index is 13.8. The predicted molar refractivity (Wildman–Crippen MR) is 154 cm³/mol. The maximum Gasteiger partial charge on any atom is 0.272 e. The number of hydrogen-bond donors (Lipinski definition) is 1. The lowest BCUT2D eigenvalue weighted by Gasteiger charge is -2.28. The number of hydrogen-bond acceptors (Lipinski definition) is 2. The zero-order valence-electron chi connectivity index (χ0n) is 21.8. The summed E-state index contributed by atoms with van der Waals surface area (Å²) in [6.07, 6.45) is 12.7. The largest absolute Gasteiger partial charge is 0.348 e. The molecule has 3 aromatic rings. The molecule has 200 valence electrons. The average molecular weight is 555 g/mol. The first kappa shape index (κ1) is 27.0. The van der Waals surface area contributed by atoms with Gasteiger partial charge in [0, 0.05) is 16.6 Å². The molecule has 4 nitrogen and oxygen atoms in total. The van der Waals surface area contributed by atoms with Crippen LogP contribution in [0.2, 0.25) is 10.0 Å². The van der Waals surface area contributed by atoms with Crippen LogP contribution in [-0.2, 0) is 6.42 Å². The van der Waals surface area contributed by atoms with Gasteiger partial charge in [-0.1, -0.05) is 61.0 Å². The molecule has 2 aliphatic carbocycles. The Hall–Kier alpha value is -2.63. The molecule has 1 fully saturated rings. The first-order valence-corrected chi connectivity index (χ1v) is 14.5. The molecular formula is C31H34Cl2FN3O. The van der Waals surface area contributed by atoms with E-state index in [-0.39, 0.29) is 17.8 Å². The van der Waals surface area contributed by atoms with E-state index in [9.17, 15) is 9.18 Å². The number of rotatable bonds is 5. The van der Waals surface area contributed by atoms with E-state index in [1.807, 2.05) is 10.7 Å². The van der Waals surface area contributed by atoms with Crippen molar-refractivity contribution >= 4 is 40.8 Å². The van der Waals surface area contributed by atoms with Crippen LogP contribution in [0.1, 0.15) is 92.0 Å². The van der Waals surface area contributed by atoms with Crippen LogP contribution in [0.5, 0.6) is 0 Å². The molecule has 1 heterocycles. The van der Waals surface area contributed by atoms with Crippen LogP contribution in [0.15, 0.2) is 42.5 Å². The molecule has 0 unspecified atom stereocenters. The molecule has 1 aromatic heterocycles. The van der Waals surface area contributed by atoms with Gasteiger partial charge in [-0.25, -0.2) is 9.07 Å². The molecule has 1 amide bonds. The second-order valence-corrected chi connectivity index (χ2v) is 11.5. The molecule has 0 spiro atoms. The first-order chi connectivity index (χ1) is 18.4. The fourth-order valence-electron chi connectivity index (χ4n) is 5.87. The minimum absolute atomic E-state index is 0.0884. The normalized spacial score (nSPS) is 18.5. The molecule has 7 heteroatoms. The van der Waals surface area contributed by atoms with E-state index in [1.165, 1.54) is 31.4 Å². The summed E-state index contributed by atoms with van der Waals surface area (Å²) in [5.41, 5.74) is 4.94. The van der Waals surface area contributed by atoms with E-state index in [0.29, 0.717) is 27.3 Å². The Kier molecular flexibility index (Phi) is 8.54. The van der Waals surface area contributed by atoms with Gasteiger partial charge < -0.3 is 5.32 Å². The van der Waals surface area contributed by atoms with E-state index in [1.54, 1.807) is 24.3 Å². The third-order valence-electron chi connectivity index (χ3n) is 7.94. The zero-order chi connectivity index (χ0) is 26.6. The highest BCUT2D eigenvalue weighted by Gasteiger charge is 2.29. The summed E-state index contributed by atoms with van der Waals surface area (Å²) >= 11 is 12.9. The van der Waals surface area contributed by atoms with Gasteiger partial charge in [-0.2, -0.15) is 5.10 Å². The van der Waals surface area contributed by atoms with E-state index in [0.717, 1.165) is 67.3 Å². The molecule has 0 saturated heterocycles. The van der Waals surface area contributed by atoms with Crippen LogP contribution in [0.4, 0.5) is 4.39 Å². The number of nitrogens with one attached hydrogen (secondary N) is 1. The molecule has 2 aromatic carbocycles. The Morgan fingerprint density at radius 2 is 1.74 bits per heavy atom. The molecule has 5 rings (SSSR count). The minimum Gasteiger partial charge on any atom is -0.348 e. The number of fused-ring (bicyclic) bond motifs is 1. The third-order valence-corrected chi connectivity index (χ3v) is 8.48. The Bertz CT molecular complexity index is 1330. The molecule has 1 saturated carbocycles. The average Bonchev–Trinajstić information content (AvgIpc) is 3.26. The molecule has 0 bridgehead atoms. The quantitative estimate of drug-likeness (QED) is 0.343. The van der Waals surface area contributed by atoms with Crippen LogP contribution < -0.4 is 5.32 Å². The van der Waals surface area contributed by atoms with E-state index < -0.39 is 0 Å². The SMILES string of the molecule is C[C@@H](NC(=O)c1nn(-c2ccc(Cl)cc2Cl)c2c1CCCCC/C2=C\c1ccc(F)cc1)C1CCCCC1. The van der Waals surface area contributed by atoms with Crippen molar-refractivity contribution < 1.29 is 9.18 Å². The Morgan fingerprint density at radius 3 is 2.47 bits per heavy atom. The van der Waals surface area contributed by atoms with Gasteiger partial charge in [0.1, 0.15) is 5.82 Å². The third kappa shape index (κ3) is 6.00. The van der Waals surface area contributed by atoms with Crippen molar-refractivity contribution in [2.75, 3.05) is 0 Å². The van der Waals surface area contributed by atoms with Crippen molar-refractivity contribution in [3.05, 3.63) is 80.8 Å². The van der Waals surface area contributed by atoms with E-state index >= 15 is 0 Å². The molecule has 0 radical (unpaired) electrons. The van der Waals surface area contributed by atoms with Gasteiger partial charge in [0.2, 0.25) is 0 Å². The van der Waals surface area contributed by atoms with Crippen molar-refractivity contribution in [1.29, 1.82) is 0 Å². The van der Waals surface area contributed by atoms with Crippen molar-refractivity contribution in [1.82, 2.24) is 15.1 Å². The molecule has 2 aliphatic rings. The highest BCUT2D eigenvalue weighted by atomic mass is 35.5. The fourth-order valence-corrected chi connectivity index (χ4v) is 6.36. The number of carbonyl (C=O) groups excluding carboxylic acids is 1. The van der Waals surface area contributed by atoms with Gasteiger partial charge in [-0.05, 0) is 98.9 Å². The van der Waals surface area contributed by atoms with Gasteiger partial charge in [0.15, 0.2) is 5.69 Å². The van der Waals surface area contributed by atoms with Crippen LogP contribution >= 0.6 is 23.2 Å². The standard InChI is InChI=1S/C31H34Cl2FN3O/c1-20(22-8-4-2-5-9-22)35-31(38)29-26-11-7-3-6-10-23(18-21-12-15-25(34)16-13-21)30(26)37(36-29)28-17-14-24(32)19-27(28)33/h12-20,22H,2-11H2,1H3,(H,35,38)/b23-18+/t20-/m1/s1. The molecular weight excluding hydrogens is 520 g/mol. The lowest BCUT2D eigenvalue weighted by atomic mass is 9.84. The first-order valence-electron chi connectivity index (χ1n) is 13.8. The molecule has 0 aliphatic heterocycles. The zero-order valence-corrected chi connectivity index (χ0v) is 23.3. The van der Waals surface area contributed by atoms with Gasteiger partial charge in [0.25, 0.3) is 5.91 Å². The highest BCUT2D eigenvalue weighted by molar-refractivity contribution is 6.35. The van der Waals surface area contributed by atoms with E-state index in [4.69, 9.17) is 28.3 Å². The van der Waals surface area contributed by atoms with Crippen LogP contribution in [0.3, 0.4) is 0 Å². The van der Waals surface area contributed by atoms with Crippen molar-refractivity contribution in [3.63, 3.8) is 0 Å². The van der Waals surface area contributed by atoms with Crippen molar-refractivity contribution in [3.8, 4) is 5.69 Å². The summed E-state index contributed by atoms with van der Waals surface area (Å²) in [4.78, 5) is 13.8. The number of benzene rings is 2. The lowest BCUT2D eigenvalue weighted by molar-refractivity contribution is 0.0912. The number of halogens is 3. The Morgan fingerprint density at radius 1 is 1.03 bits per heavy atom. The maximum absolute atomic E-state index is 13.8. The summed E-state index contributed by atoms with van der Waals surface area (Å²) in [7, 11) is 0. The second-order valence-electron chi connectivity index (χ2n) is 10.6. The molecule has 38 heavy (non-hydrogen) atoms. The summed E-state index contributed by atoms with van der Waals surface area (Å²) in [6, 6.07) is 11.9. The predicted octanol–water partition coefficient (Wildman–Crippen LogP) is 8.67. The van der Waals surface area contributed by atoms with Crippen molar-refractivity contribution in [2.45, 2.75) is 77.2 Å². The van der Waals surface area contributed by atoms with Gasteiger partial charge in [-0.3, -0.25) is 4.79 Å². The van der Waals surface area contributed by atoms with E-state index in [2.05, 4.69) is 18.3 Å². The van der Waals surface area contributed by atoms with Gasteiger partial charge in [0.05, 0.1) is 16.4 Å². The summed E-state index contributed by atoms with van der Waals surface area (Å²) in [6.45, 7) is 2.12. The monoisotopic (exact) mass is 553 g/mol. The van der Waals surface area contributed by atoms with Crippen LogP contribution in [0, 0.1) is 11.7 Å². The molecule has 1 N–H and O–H groups in total. The fraction of sp³-hybridized carbons (Fsp3) is 0.419. The number of carbonyl (C=O) groups is 1. The number of allylic oxidation sites excluding steroid dienone is 1. The van der Waals surface area contributed by atoms with Crippen LogP contribution in [0.25, 0.3) is 17.3 Å². The smallest absolute Gasteiger partial charge is 0.272 e. The number of nitrogens with zero attached hydrogens (tertiary/aromatic N) is 2. The molecule has 1 atom stereocenters. The number of amides is 1.